The van der Waals surface area contributed by atoms with Crippen LogP contribution in [-0.2, 0) is 28.6 Å². The molecule has 0 bridgehead atoms. The molecular formula is C44H78NO7+. The molecule has 1 N–H and O–H groups in total. The average molecular weight is 733 g/mol. The Labute approximate surface area is 318 Å². The van der Waals surface area contributed by atoms with Gasteiger partial charge in [0.1, 0.15) is 6.61 Å². The summed E-state index contributed by atoms with van der Waals surface area (Å²) in [6.45, 7) is 4.61. The zero-order valence-electron chi connectivity index (χ0n) is 34.0. The number of quaternary nitrogens is 1. The van der Waals surface area contributed by atoms with Crippen LogP contribution in [0.25, 0.3) is 0 Å². The third-order valence-corrected chi connectivity index (χ3v) is 8.95. The Morgan fingerprint density at radius 2 is 1.06 bits per heavy atom. The highest BCUT2D eigenvalue weighted by atomic mass is 16.6. The molecule has 0 aliphatic carbocycles. The Balaban J connectivity index is 4.46. The molecule has 0 heterocycles. The van der Waals surface area contributed by atoms with E-state index in [0.29, 0.717) is 19.3 Å². The predicted molar refractivity (Wildman–Crippen MR) is 215 cm³/mol. The van der Waals surface area contributed by atoms with Gasteiger partial charge in [-0.05, 0) is 64.2 Å². The number of unbranched alkanes of at least 4 members (excludes halogenated alkanes) is 14. The number of hydrogen-bond donors (Lipinski definition) is 1. The SMILES string of the molecule is CCCC/C=C/CCCCCCCC(=O)OC(COCCC(C(=O)O)[N+](C)(C)C)COC(=O)CCC/C=C/C/C=C/C/C=C/CCCCCCCC. The lowest BCUT2D eigenvalue weighted by Crippen LogP contribution is -2.50. The zero-order valence-corrected chi connectivity index (χ0v) is 34.0. The molecule has 0 aromatic heterocycles. The van der Waals surface area contributed by atoms with Crippen molar-refractivity contribution in [3.8, 4) is 0 Å². The van der Waals surface area contributed by atoms with Crippen LogP contribution in [0, 0.1) is 0 Å². The van der Waals surface area contributed by atoms with Crippen LogP contribution in [0.1, 0.15) is 162 Å². The number of esters is 2. The van der Waals surface area contributed by atoms with Crippen LogP contribution in [0.4, 0.5) is 0 Å². The fourth-order valence-electron chi connectivity index (χ4n) is 5.67. The minimum Gasteiger partial charge on any atom is -0.477 e. The van der Waals surface area contributed by atoms with Gasteiger partial charge in [-0.25, -0.2) is 4.79 Å². The highest BCUT2D eigenvalue weighted by molar-refractivity contribution is 5.72. The molecule has 8 nitrogen and oxygen atoms in total. The number of likely N-dealkylation sites (N-methyl/N-ethyl adjacent to an activating group) is 1. The molecule has 0 aromatic rings. The number of carbonyl (C=O) groups is 3. The second kappa shape index (κ2) is 35.3. The molecule has 8 heteroatoms. The van der Waals surface area contributed by atoms with Crippen molar-refractivity contribution in [1.29, 1.82) is 0 Å². The van der Waals surface area contributed by atoms with Gasteiger partial charge in [-0.3, -0.25) is 9.59 Å². The molecule has 0 saturated carbocycles. The Bertz CT molecular complexity index is 995. The van der Waals surface area contributed by atoms with Crippen LogP contribution in [0.2, 0.25) is 0 Å². The summed E-state index contributed by atoms with van der Waals surface area (Å²) in [5, 5.41) is 9.59. The summed E-state index contributed by atoms with van der Waals surface area (Å²) in [7, 11) is 5.50. The van der Waals surface area contributed by atoms with E-state index in [0.717, 1.165) is 57.8 Å². The normalized spacial score (nSPS) is 13.5. The zero-order chi connectivity index (χ0) is 38.5. The first-order valence-electron chi connectivity index (χ1n) is 20.7. The largest absolute Gasteiger partial charge is 0.477 e. The van der Waals surface area contributed by atoms with Crippen LogP contribution in [0.3, 0.4) is 0 Å². The molecule has 0 rings (SSSR count). The molecule has 0 fully saturated rings. The maximum atomic E-state index is 12.6. The Morgan fingerprint density at radius 3 is 1.63 bits per heavy atom. The first kappa shape index (κ1) is 49.3. The number of carboxylic acid groups (broad SMARTS) is 1. The van der Waals surface area contributed by atoms with Crippen LogP contribution in [0.5, 0.6) is 0 Å². The highest BCUT2D eigenvalue weighted by Crippen LogP contribution is 2.12. The highest BCUT2D eigenvalue weighted by Gasteiger charge is 2.31. The van der Waals surface area contributed by atoms with Crippen LogP contribution < -0.4 is 0 Å². The molecule has 0 radical (unpaired) electrons. The van der Waals surface area contributed by atoms with E-state index < -0.39 is 18.1 Å². The number of aliphatic carboxylic acids is 1. The summed E-state index contributed by atoms with van der Waals surface area (Å²) in [4.78, 5) is 36.8. The molecule has 0 spiro atoms. The monoisotopic (exact) mass is 733 g/mol. The number of nitrogens with zero attached hydrogens (tertiary/aromatic N) is 1. The minimum absolute atomic E-state index is 0.0411. The number of ether oxygens (including phenoxy) is 3. The van der Waals surface area contributed by atoms with Crippen molar-refractivity contribution in [2.45, 2.75) is 174 Å². The van der Waals surface area contributed by atoms with Gasteiger partial charge in [-0.2, -0.15) is 0 Å². The van der Waals surface area contributed by atoms with E-state index >= 15 is 0 Å². The number of carboxylic acids is 1. The maximum Gasteiger partial charge on any atom is 0.362 e. The van der Waals surface area contributed by atoms with Gasteiger partial charge in [0.25, 0.3) is 0 Å². The van der Waals surface area contributed by atoms with Gasteiger partial charge in [0, 0.05) is 19.3 Å². The summed E-state index contributed by atoms with van der Waals surface area (Å²) in [5.74, 6) is -1.55. The van der Waals surface area contributed by atoms with Gasteiger partial charge in [-0.1, -0.05) is 127 Å². The van der Waals surface area contributed by atoms with Crippen molar-refractivity contribution in [2.75, 3.05) is 41.0 Å². The van der Waals surface area contributed by atoms with Gasteiger partial charge in [0.15, 0.2) is 12.1 Å². The van der Waals surface area contributed by atoms with E-state index in [1.165, 1.54) is 64.2 Å². The molecule has 0 aromatic carbocycles. The third-order valence-electron chi connectivity index (χ3n) is 8.95. The van der Waals surface area contributed by atoms with E-state index in [2.05, 4.69) is 62.5 Å². The van der Waals surface area contributed by atoms with E-state index in [4.69, 9.17) is 14.2 Å². The van der Waals surface area contributed by atoms with E-state index in [1.54, 1.807) is 0 Å². The second-order valence-electron chi connectivity index (χ2n) is 14.9. The smallest absolute Gasteiger partial charge is 0.362 e. The number of hydrogen-bond acceptors (Lipinski definition) is 6. The fraction of sp³-hybridized carbons (Fsp3) is 0.750. The number of rotatable bonds is 36. The summed E-state index contributed by atoms with van der Waals surface area (Å²) in [5.41, 5.74) is 0. The topological polar surface area (TPSA) is 99.1 Å². The van der Waals surface area contributed by atoms with Crippen LogP contribution >= 0.6 is 0 Å². The Morgan fingerprint density at radius 1 is 0.577 bits per heavy atom. The minimum atomic E-state index is -0.885. The lowest BCUT2D eigenvalue weighted by molar-refractivity contribution is -0.887. The predicted octanol–water partition coefficient (Wildman–Crippen LogP) is 10.9. The molecular weight excluding hydrogens is 654 g/mol. The van der Waals surface area contributed by atoms with Crippen LogP contribution in [-0.4, -0.2) is 80.6 Å². The van der Waals surface area contributed by atoms with Crippen molar-refractivity contribution < 1.29 is 38.2 Å². The Kier molecular flexibility index (Phi) is 33.5. The standard InChI is InChI=1S/C44H77NO7/c1-6-8-10-12-14-16-18-19-20-21-22-23-25-26-28-30-32-34-42(46)51-39-40(38-50-37-36-41(44(48)49)45(3,4)5)52-43(47)35-33-31-29-27-24-17-15-13-11-9-7-2/h13,15,19-20,22-23,26,28,40-41H,6-12,14,16-18,21,24-25,27,29-39H2,1-5H3/p+1/b15-13+,20-19+,23-22+,28-26+. The summed E-state index contributed by atoms with van der Waals surface area (Å²) in [6, 6.07) is -0.623. The Hall–Kier alpha value is -2.71. The number of carbonyl (C=O) groups excluding carboxylic acids is 2. The van der Waals surface area contributed by atoms with E-state index in [1.807, 2.05) is 21.1 Å². The molecule has 2 atom stereocenters. The van der Waals surface area contributed by atoms with Crippen molar-refractivity contribution in [1.82, 2.24) is 0 Å². The lowest BCUT2D eigenvalue weighted by atomic mass is 10.1. The molecule has 0 aliphatic rings. The van der Waals surface area contributed by atoms with Gasteiger partial charge < -0.3 is 23.8 Å². The summed E-state index contributed by atoms with van der Waals surface area (Å²) in [6.07, 6.45) is 40.2. The van der Waals surface area contributed by atoms with Crippen molar-refractivity contribution in [3.63, 3.8) is 0 Å². The first-order valence-corrected chi connectivity index (χ1v) is 20.7. The molecule has 2 unspecified atom stereocenters. The molecule has 0 aliphatic heterocycles. The summed E-state index contributed by atoms with van der Waals surface area (Å²) >= 11 is 0. The van der Waals surface area contributed by atoms with Gasteiger partial charge in [0.05, 0.1) is 34.4 Å². The van der Waals surface area contributed by atoms with Gasteiger partial charge in [0.2, 0.25) is 0 Å². The van der Waals surface area contributed by atoms with Gasteiger partial charge in [-0.15, -0.1) is 0 Å². The third kappa shape index (κ3) is 33.1. The quantitative estimate of drug-likeness (QED) is 0.0296. The molecule has 300 valence electrons. The first-order chi connectivity index (χ1) is 25.1. The second-order valence-corrected chi connectivity index (χ2v) is 14.9. The maximum absolute atomic E-state index is 12.6. The molecule has 0 amide bonds. The number of allylic oxidation sites excluding steroid dienone is 8. The molecule has 0 saturated heterocycles. The van der Waals surface area contributed by atoms with Crippen molar-refractivity contribution >= 4 is 17.9 Å². The fourth-order valence-corrected chi connectivity index (χ4v) is 5.67. The van der Waals surface area contributed by atoms with Crippen LogP contribution in [0.15, 0.2) is 48.6 Å². The van der Waals surface area contributed by atoms with Crippen molar-refractivity contribution in [3.05, 3.63) is 48.6 Å². The van der Waals surface area contributed by atoms with E-state index in [9.17, 15) is 19.5 Å². The van der Waals surface area contributed by atoms with E-state index in [-0.39, 0.29) is 42.7 Å². The molecule has 52 heavy (non-hydrogen) atoms. The average Bonchev–Trinajstić information content (AvgIpc) is 3.09. The lowest BCUT2D eigenvalue weighted by Gasteiger charge is -2.31. The summed E-state index contributed by atoms with van der Waals surface area (Å²) < 4.78 is 17.2. The van der Waals surface area contributed by atoms with Gasteiger partial charge >= 0.3 is 17.9 Å². The van der Waals surface area contributed by atoms with Crippen molar-refractivity contribution in [2.24, 2.45) is 0 Å².